The maximum Gasteiger partial charge on any atom is 0.273 e. The third-order valence-corrected chi connectivity index (χ3v) is 10.7. The summed E-state index contributed by atoms with van der Waals surface area (Å²) in [4.78, 5) is 10.5. The van der Waals surface area contributed by atoms with Gasteiger partial charge in [-0.1, -0.05) is 36.4 Å². The molecule has 0 atom stereocenters. The Morgan fingerprint density at radius 2 is 1.85 bits per heavy atom. The van der Waals surface area contributed by atoms with Gasteiger partial charge in [-0.3, -0.25) is 4.31 Å². The van der Waals surface area contributed by atoms with Gasteiger partial charge in [0, 0.05) is 54.4 Å². The number of allylic oxidation sites excluding steroid dienone is 4. The van der Waals surface area contributed by atoms with E-state index in [-0.39, 0.29) is 0 Å². The van der Waals surface area contributed by atoms with Crippen LogP contribution in [0.15, 0.2) is 88.6 Å². The van der Waals surface area contributed by atoms with Crippen LogP contribution in [-0.2, 0) is 10.0 Å². The summed E-state index contributed by atoms with van der Waals surface area (Å²) in [6.07, 6.45) is 10.4. The molecule has 0 unspecified atom stereocenters. The Hall–Kier alpha value is -3.88. The molecule has 6 rings (SSSR count). The topological polar surface area (TPSA) is 69.3 Å². The van der Waals surface area contributed by atoms with Gasteiger partial charge in [-0.2, -0.15) is 0 Å². The molecule has 39 heavy (non-hydrogen) atoms. The second-order valence-electron chi connectivity index (χ2n) is 9.75. The van der Waals surface area contributed by atoms with Crippen molar-refractivity contribution in [1.82, 2.24) is 9.97 Å². The maximum absolute atomic E-state index is 13.3. The molecule has 2 aromatic carbocycles. The lowest BCUT2D eigenvalue weighted by Crippen LogP contribution is -2.25. The number of sulfonamides is 1. The van der Waals surface area contributed by atoms with Gasteiger partial charge >= 0.3 is 0 Å². The maximum atomic E-state index is 13.3. The number of hydrogen-bond donors (Lipinski definition) is 1. The van der Waals surface area contributed by atoms with Gasteiger partial charge < -0.3 is 9.88 Å². The number of hydrogen-bond acceptors (Lipinski definition) is 5. The Balaban J connectivity index is 1.57. The van der Waals surface area contributed by atoms with E-state index in [2.05, 4.69) is 66.3 Å². The highest BCUT2D eigenvalue weighted by molar-refractivity contribution is 7.94. The average molecular weight is 555 g/mol. The Morgan fingerprint density at radius 3 is 2.54 bits per heavy atom. The fourth-order valence-corrected chi connectivity index (χ4v) is 7.51. The lowest BCUT2D eigenvalue weighted by molar-refractivity contribution is 0.596. The minimum Gasteiger partial charge on any atom is -0.375 e. The summed E-state index contributed by atoms with van der Waals surface area (Å²) in [5, 5.41) is 3.75. The zero-order valence-corrected chi connectivity index (χ0v) is 23.8. The fourth-order valence-electron chi connectivity index (χ4n) is 5.17. The Bertz CT molecular complexity index is 1830. The van der Waals surface area contributed by atoms with Crippen molar-refractivity contribution in [1.29, 1.82) is 0 Å². The first-order chi connectivity index (χ1) is 18.9. The molecule has 6 nitrogen and oxygen atoms in total. The van der Waals surface area contributed by atoms with Gasteiger partial charge in [0.05, 0.1) is 5.69 Å². The summed E-state index contributed by atoms with van der Waals surface area (Å²) in [6, 6.07) is 17.8. The van der Waals surface area contributed by atoms with E-state index in [4.69, 9.17) is 4.98 Å². The van der Waals surface area contributed by atoms with Gasteiger partial charge in [0.25, 0.3) is 10.0 Å². The second kappa shape index (κ2) is 10.0. The number of benzene rings is 2. The monoisotopic (exact) mass is 554 g/mol. The van der Waals surface area contributed by atoms with E-state index in [0.29, 0.717) is 9.90 Å². The summed E-state index contributed by atoms with van der Waals surface area (Å²) in [6.45, 7) is 3.08. The number of rotatable bonds is 7. The molecule has 1 aliphatic rings. The lowest BCUT2D eigenvalue weighted by Gasteiger charge is -2.20. The molecular formula is C31H30N4O2S2. The van der Waals surface area contributed by atoms with E-state index in [1.54, 1.807) is 24.6 Å². The van der Waals surface area contributed by atoms with E-state index in [1.165, 1.54) is 26.9 Å². The highest BCUT2D eigenvalue weighted by Crippen LogP contribution is 2.41. The highest BCUT2D eigenvalue weighted by Gasteiger charge is 2.24. The highest BCUT2D eigenvalue weighted by atomic mass is 32.2. The van der Waals surface area contributed by atoms with Gasteiger partial charge in [-0.05, 0) is 78.2 Å². The van der Waals surface area contributed by atoms with Crippen molar-refractivity contribution < 1.29 is 8.42 Å². The number of pyridine rings is 1. The molecule has 3 heterocycles. The molecule has 1 aliphatic carbocycles. The third kappa shape index (κ3) is 4.43. The van der Waals surface area contributed by atoms with Crippen molar-refractivity contribution in [3.8, 4) is 11.1 Å². The molecule has 0 amide bonds. The largest absolute Gasteiger partial charge is 0.375 e. The number of anilines is 2. The smallest absolute Gasteiger partial charge is 0.273 e. The first-order valence-electron chi connectivity index (χ1n) is 13.0. The zero-order chi connectivity index (χ0) is 27.1. The SMILES string of the molecule is CCN(C)c1ccc(-c2cnc3[nH]c4ccc(N(C)S(=O)(=O)c5cccs5)cc4c3c2C2=CC=CCC2)cc1. The van der Waals surface area contributed by atoms with Crippen LogP contribution in [0, 0.1) is 0 Å². The second-order valence-corrected chi connectivity index (χ2v) is 12.9. The quantitative estimate of drug-likeness (QED) is 0.227. The van der Waals surface area contributed by atoms with E-state index < -0.39 is 10.0 Å². The van der Waals surface area contributed by atoms with E-state index in [1.807, 2.05) is 24.4 Å². The molecule has 0 saturated heterocycles. The molecule has 5 aromatic rings. The number of fused-ring (bicyclic) bond motifs is 3. The van der Waals surface area contributed by atoms with Crippen LogP contribution in [-0.4, -0.2) is 39.0 Å². The van der Waals surface area contributed by atoms with Crippen molar-refractivity contribution in [2.45, 2.75) is 24.0 Å². The van der Waals surface area contributed by atoms with Crippen LogP contribution < -0.4 is 9.21 Å². The molecule has 198 valence electrons. The van der Waals surface area contributed by atoms with Crippen LogP contribution in [0.4, 0.5) is 11.4 Å². The fraction of sp³-hybridized carbons (Fsp3) is 0.194. The molecule has 0 bridgehead atoms. The molecule has 0 aliphatic heterocycles. The number of aromatic amines is 1. The standard InChI is InChI=1S/C31H30N4O2S2/c1-4-34(2)23-14-12-21(13-15-23)26-20-32-31-30(29(26)22-9-6-5-7-10-22)25-19-24(16-17-27(25)33-31)35(3)39(36,37)28-11-8-18-38-28/h5-6,8-9,11-20H,4,7,10H2,1-3H3,(H,32,33). The number of H-pyrrole nitrogens is 1. The lowest BCUT2D eigenvalue weighted by atomic mass is 9.88. The van der Waals surface area contributed by atoms with Crippen LogP contribution >= 0.6 is 11.3 Å². The van der Waals surface area contributed by atoms with E-state index in [0.717, 1.165) is 58.0 Å². The number of nitrogens with zero attached hydrogens (tertiary/aromatic N) is 3. The molecule has 0 spiro atoms. The van der Waals surface area contributed by atoms with Gasteiger partial charge in [0.15, 0.2) is 0 Å². The van der Waals surface area contributed by atoms with Crippen molar-refractivity contribution in [3.05, 3.63) is 90.0 Å². The molecule has 0 radical (unpaired) electrons. The molecular weight excluding hydrogens is 525 g/mol. The third-order valence-electron chi connectivity index (χ3n) is 7.51. The normalized spacial score (nSPS) is 13.7. The Kier molecular flexibility index (Phi) is 6.53. The zero-order valence-electron chi connectivity index (χ0n) is 22.2. The predicted octanol–water partition coefficient (Wildman–Crippen LogP) is 7.46. The summed E-state index contributed by atoms with van der Waals surface area (Å²) >= 11 is 1.22. The molecule has 0 saturated carbocycles. The minimum absolute atomic E-state index is 0.324. The van der Waals surface area contributed by atoms with Crippen LogP contribution in [0.1, 0.15) is 25.3 Å². The van der Waals surface area contributed by atoms with Gasteiger partial charge in [-0.15, -0.1) is 11.3 Å². The average Bonchev–Trinajstić information content (AvgIpc) is 3.65. The predicted molar refractivity (Wildman–Crippen MR) is 164 cm³/mol. The van der Waals surface area contributed by atoms with Crippen molar-refractivity contribution >= 4 is 60.2 Å². The van der Waals surface area contributed by atoms with Crippen LogP contribution in [0.2, 0.25) is 0 Å². The van der Waals surface area contributed by atoms with Gasteiger partial charge in [-0.25, -0.2) is 13.4 Å². The van der Waals surface area contributed by atoms with Gasteiger partial charge in [0.2, 0.25) is 0 Å². The first-order valence-corrected chi connectivity index (χ1v) is 15.3. The number of thiophene rings is 1. The Labute approximate surface area is 233 Å². The van der Waals surface area contributed by atoms with Crippen molar-refractivity contribution in [3.63, 3.8) is 0 Å². The summed E-state index contributed by atoms with van der Waals surface area (Å²) in [7, 11) is 0.0525. The van der Waals surface area contributed by atoms with E-state index >= 15 is 0 Å². The number of nitrogens with one attached hydrogen (secondary N) is 1. The summed E-state index contributed by atoms with van der Waals surface area (Å²) < 4.78 is 28.2. The molecule has 8 heteroatoms. The molecule has 3 aromatic heterocycles. The molecule has 1 N–H and O–H groups in total. The Morgan fingerprint density at radius 1 is 1.05 bits per heavy atom. The van der Waals surface area contributed by atoms with E-state index in [9.17, 15) is 8.42 Å². The summed E-state index contributed by atoms with van der Waals surface area (Å²) in [5.41, 5.74) is 8.07. The van der Waals surface area contributed by atoms with Crippen molar-refractivity contribution in [2.75, 3.05) is 29.8 Å². The van der Waals surface area contributed by atoms with Crippen molar-refractivity contribution in [2.24, 2.45) is 0 Å². The van der Waals surface area contributed by atoms with Crippen LogP contribution in [0.25, 0.3) is 38.6 Å². The van der Waals surface area contributed by atoms with Gasteiger partial charge in [0.1, 0.15) is 9.86 Å². The number of aromatic nitrogens is 2. The van der Waals surface area contributed by atoms with Crippen LogP contribution in [0.5, 0.6) is 0 Å². The first kappa shape index (κ1) is 25.4. The summed E-state index contributed by atoms with van der Waals surface area (Å²) in [5.74, 6) is 0. The molecule has 0 fully saturated rings. The minimum atomic E-state index is -3.65. The van der Waals surface area contributed by atoms with Crippen LogP contribution in [0.3, 0.4) is 0 Å².